The van der Waals surface area contributed by atoms with Crippen LogP contribution in [0, 0.1) is 10.8 Å². The van der Waals surface area contributed by atoms with Gasteiger partial charge in [-0.15, -0.1) is 0 Å². The van der Waals surface area contributed by atoms with Crippen LogP contribution in [0.4, 0.5) is 0 Å². The molecule has 0 saturated heterocycles. The summed E-state index contributed by atoms with van der Waals surface area (Å²) in [6, 6.07) is 0. The Morgan fingerprint density at radius 3 is 0.850 bits per heavy atom. The normalized spacial score (nSPS) is 24.8. The first-order chi connectivity index (χ1) is 19.1. The molecule has 0 atom stereocenters. The quantitative estimate of drug-likeness (QED) is 0.145. The molecule has 4 saturated carbocycles. The molecule has 0 bridgehead atoms. The van der Waals surface area contributed by atoms with Gasteiger partial charge in [-0.2, -0.15) is 10.2 Å². The van der Waals surface area contributed by atoms with Crippen molar-refractivity contribution in [2.45, 2.75) is 193 Å². The Kier molecular flexibility index (Phi) is 13.1. The van der Waals surface area contributed by atoms with E-state index in [9.17, 15) is 0 Å². The predicted octanol–water partition coefficient (Wildman–Crippen LogP) is 12.2. The lowest BCUT2D eigenvalue weighted by Gasteiger charge is -2.40. The van der Waals surface area contributed by atoms with Crippen molar-refractivity contribution in [2.24, 2.45) is 21.0 Å². The van der Waals surface area contributed by atoms with Gasteiger partial charge in [0.2, 0.25) is 0 Å². The molecule has 0 aromatic carbocycles. The summed E-state index contributed by atoms with van der Waals surface area (Å²) in [6.07, 6.45) is 32.0. The van der Waals surface area contributed by atoms with Gasteiger partial charge in [0.15, 0.2) is 0 Å². The van der Waals surface area contributed by atoms with E-state index in [1.165, 1.54) is 152 Å². The summed E-state index contributed by atoms with van der Waals surface area (Å²) in [5.74, 6) is 0. The second-order valence-electron chi connectivity index (χ2n) is 16.1. The summed E-state index contributed by atoms with van der Waals surface area (Å²) in [6.45, 7) is 14.5. The minimum atomic E-state index is 0.00717. The van der Waals surface area contributed by atoms with Gasteiger partial charge in [-0.25, -0.2) is 0 Å². The Hall–Kier alpha value is 0.200. The lowest BCUT2D eigenvalue weighted by Crippen LogP contribution is -2.31. The van der Waals surface area contributed by atoms with Crippen LogP contribution in [0.5, 0.6) is 0 Å². The van der Waals surface area contributed by atoms with E-state index in [4.69, 9.17) is 10.2 Å². The second-order valence-corrected chi connectivity index (χ2v) is 21.7. The monoisotopic (exact) mass is 588 g/mol. The van der Waals surface area contributed by atoms with Crippen molar-refractivity contribution in [3.8, 4) is 0 Å². The SMILES string of the molecule is CC(C)(C)/C(CP(C1CCCCC1)C1CCCCC1)=N/N=C(\CP(C1CCCCC1)C1CCCCC1)C(C)(C)C. The summed E-state index contributed by atoms with van der Waals surface area (Å²) in [4.78, 5) is 0. The van der Waals surface area contributed by atoms with E-state index < -0.39 is 0 Å². The third-order valence-electron chi connectivity index (χ3n) is 10.9. The average molecular weight is 589 g/mol. The van der Waals surface area contributed by atoms with Gasteiger partial charge in [-0.05, 0) is 74.0 Å². The van der Waals surface area contributed by atoms with Crippen molar-refractivity contribution in [1.82, 2.24) is 0 Å². The Morgan fingerprint density at radius 2 is 0.650 bits per heavy atom. The molecule has 4 heteroatoms. The zero-order valence-electron chi connectivity index (χ0n) is 27.7. The predicted molar refractivity (Wildman–Crippen MR) is 185 cm³/mol. The third kappa shape index (κ3) is 9.87. The molecular formula is C36H66N2P2. The van der Waals surface area contributed by atoms with Crippen LogP contribution in [0.25, 0.3) is 0 Å². The molecule has 0 amide bonds. The van der Waals surface area contributed by atoms with Crippen molar-refractivity contribution in [3.63, 3.8) is 0 Å². The maximum absolute atomic E-state index is 5.37. The fourth-order valence-corrected chi connectivity index (χ4v) is 16.2. The molecule has 2 nitrogen and oxygen atoms in total. The molecule has 4 fully saturated rings. The van der Waals surface area contributed by atoms with E-state index in [-0.39, 0.29) is 26.7 Å². The Morgan fingerprint density at radius 1 is 0.425 bits per heavy atom. The van der Waals surface area contributed by atoms with Gasteiger partial charge in [0, 0.05) is 23.2 Å². The van der Waals surface area contributed by atoms with Crippen molar-refractivity contribution in [1.29, 1.82) is 0 Å². The van der Waals surface area contributed by atoms with Gasteiger partial charge in [-0.1, -0.05) is 134 Å². The molecule has 4 rings (SSSR count). The molecule has 0 spiro atoms. The number of rotatable bonds is 9. The van der Waals surface area contributed by atoms with Crippen LogP contribution in [-0.2, 0) is 0 Å². The maximum Gasteiger partial charge on any atom is 0.0502 e. The van der Waals surface area contributed by atoms with Gasteiger partial charge in [0.1, 0.15) is 0 Å². The van der Waals surface area contributed by atoms with E-state index in [2.05, 4.69) is 41.5 Å². The van der Waals surface area contributed by atoms with Crippen LogP contribution in [0.15, 0.2) is 10.2 Å². The zero-order valence-corrected chi connectivity index (χ0v) is 29.4. The second kappa shape index (κ2) is 15.8. The summed E-state index contributed by atoms with van der Waals surface area (Å²) < 4.78 is 0. The third-order valence-corrected chi connectivity index (χ3v) is 18.0. The van der Waals surface area contributed by atoms with E-state index in [0.29, 0.717) is 0 Å². The molecule has 0 unspecified atom stereocenters. The Balaban J connectivity index is 1.61. The van der Waals surface area contributed by atoms with Crippen molar-refractivity contribution < 1.29 is 0 Å². The highest BCUT2D eigenvalue weighted by molar-refractivity contribution is 7.60. The minimum Gasteiger partial charge on any atom is -0.159 e. The number of hydrogen-bond acceptors (Lipinski definition) is 2. The highest BCUT2D eigenvalue weighted by Gasteiger charge is 2.36. The van der Waals surface area contributed by atoms with E-state index in [1.54, 1.807) is 0 Å². The Labute approximate surface area is 252 Å². The molecule has 0 aliphatic heterocycles. The van der Waals surface area contributed by atoms with Crippen LogP contribution < -0.4 is 0 Å². The maximum atomic E-state index is 5.37. The first-order valence-corrected chi connectivity index (χ1v) is 21.1. The molecule has 230 valence electrons. The molecule has 4 aliphatic rings. The molecule has 0 heterocycles. The fraction of sp³-hybridized carbons (Fsp3) is 0.944. The van der Waals surface area contributed by atoms with Gasteiger partial charge in [-0.3, -0.25) is 0 Å². The molecule has 0 aromatic rings. The topological polar surface area (TPSA) is 24.7 Å². The molecule has 0 aromatic heterocycles. The average Bonchev–Trinajstić information content (AvgIpc) is 2.95. The molecule has 40 heavy (non-hydrogen) atoms. The van der Waals surface area contributed by atoms with E-state index in [0.717, 1.165) is 22.6 Å². The lowest BCUT2D eigenvalue weighted by molar-refractivity contribution is 0.484. The summed E-state index contributed by atoms with van der Waals surface area (Å²) >= 11 is 0. The van der Waals surface area contributed by atoms with E-state index >= 15 is 0 Å². The first kappa shape index (κ1) is 33.1. The summed E-state index contributed by atoms with van der Waals surface area (Å²) in [5, 5.41) is 10.7. The highest BCUT2D eigenvalue weighted by Crippen LogP contribution is 2.58. The standard InChI is InChI=1S/C36H66N2P2/c1-35(2,3)33(27-39(29-19-11-7-12-20-29)30-21-13-8-14-22-30)37-38-34(36(4,5)6)28-40(31-23-15-9-16-24-31)32-25-17-10-18-26-32/h29-32H,7-28H2,1-6H3/b37-33+,38-34+. The zero-order chi connectivity index (χ0) is 28.6. The molecule has 4 aliphatic carbocycles. The largest absolute Gasteiger partial charge is 0.159 e. The smallest absolute Gasteiger partial charge is 0.0502 e. The summed E-state index contributed by atoms with van der Waals surface area (Å²) in [7, 11) is 0.0143. The van der Waals surface area contributed by atoms with Crippen molar-refractivity contribution in [3.05, 3.63) is 0 Å². The first-order valence-electron chi connectivity index (χ1n) is 17.8. The number of nitrogens with zero attached hydrogens (tertiary/aromatic N) is 2. The van der Waals surface area contributed by atoms with E-state index in [1.807, 2.05) is 0 Å². The van der Waals surface area contributed by atoms with Gasteiger partial charge >= 0.3 is 0 Å². The van der Waals surface area contributed by atoms with Crippen LogP contribution >= 0.6 is 15.8 Å². The fourth-order valence-electron chi connectivity index (χ4n) is 8.07. The van der Waals surface area contributed by atoms with Crippen LogP contribution in [0.1, 0.15) is 170 Å². The minimum absolute atomic E-state index is 0.00717. The summed E-state index contributed by atoms with van der Waals surface area (Å²) in [5.41, 5.74) is 6.99. The van der Waals surface area contributed by atoms with Gasteiger partial charge in [0.05, 0.1) is 11.4 Å². The van der Waals surface area contributed by atoms with Crippen LogP contribution in [-0.4, -0.2) is 46.4 Å². The highest BCUT2D eigenvalue weighted by atomic mass is 31.1. The number of hydrogen-bond donors (Lipinski definition) is 0. The van der Waals surface area contributed by atoms with Gasteiger partial charge < -0.3 is 0 Å². The molecule has 0 radical (unpaired) electrons. The van der Waals surface area contributed by atoms with Crippen molar-refractivity contribution in [2.75, 3.05) is 12.3 Å². The molecular weight excluding hydrogens is 522 g/mol. The lowest BCUT2D eigenvalue weighted by atomic mass is 9.90. The van der Waals surface area contributed by atoms with Crippen molar-refractivity contribution >= 4 is 27.3 Å². The van der Waals surface area contributed by atoms with Gasteiger partial charge in [0.25, 0.3) is 0 Å². The van der Waals surface area contributed by atoms with Crippen LogP contribution in [0.2, 0.25) is 0 Å². The Bertz CT molecular complexity index is 692. The van der Waals surface area contributed by atoms with Crippen LogP contribution in [0.3, 0.4) is 0 Å². The molecule has 0 N–H and O–H groups in total.